The average Bonchev–Trinajstić information content (AvgIpc) is 2.82. The molecule has 0 aliphatic carbocycles. The van der Waals surface area contributed by atoms with Gasteiger partial charge in [0.15, 0.2) is 0 Å². The van der Waals surface area contributed by atoms with Crippen LogP contribution < -0.4 is 5.32 Å². The van der Waals surface area contributed by atoms with Crippen molar-refractivity contribution < 1.29 is 9.53 Å². The van der Waals surface area contributed by atoms with E-state index < -0.39 is 0 Å². The van der Waals surface area contributed by atoms with Gasteiger partial charge >= 0.3 is 0 Å². The summed E-state index contributed by atoms with van der Waals surface area (Å²) in [6.45, 7) is 3.77. The van der Waals surface area contributed by atoms with Crippen molar-refractivity contribution in [2.24, 2.45) is 0 Å². The fraction of sp³-hybridized carbons (Fsp3) is 0.917. The Morgan fingerprint density at radius 2 is 2.31 bits per heavy atom. The number of likely N-dealkylation sites (tertiary alicyclic amines) is 1. The van der Waals surface area contributed by atoms with Gasteiger partial charge in [0.1, 0.15) is 6.10 Å². The van der Waals surface area contributed by atoms with E-state index in [1.165, 1.54) is 19.3 Å². The summed E-state index contributed by atoms with van der Waals surface area (Å²) in [7, 11) is 0. The first kappa shape index (κ1) is 10.5. The first-order valence-corrected chi connectivity index (χ1v) is 6.46. The molecule has 3 rings (SSSR count). The van der Waals surface area contributed by atoms with Crippen LogP contribution in [-0.2, 0) is 9.53 Å². The standard InChI is InChI=1S/C12H20N2O2/c15-11(10-3-1-8-16-10)14-7-5-12(14)4-2-6-13-9-12/h10,13H,1-9H2/t10-,12-/m1/s1. The summed E-state index contributed by atoms with van der Waals surface area (Å²) >= 11 is 0. The predicted molar refractivity (Wildman–Crippen MR) is 60.1 cm³/mol. The maximum absolute atomic E-state index is 12.3. The maximum Gasteiger partial charge on any atom is 0.252 e. The number of amides is 1. The minimum Gasteiger partial charge on any atom is -0.368 e. The molecule has 0 aromatic carbocycles. The van der Waals surface area contributed by atoms with E-state index in [0.717, 1.165) is 39.1 Å². The van der Waals surface area contributed by atoms with E-state index in [2.05, 4.69) is 10.2 Å². The molecule has 3 aliphatic heterocycles. The zero-order valence-corrected chi connectivity index (χ0v) is 9.71. The van der Waals surface area contributed by atoms with Crippen molar-refractivity contribution in [3.05, 3.63) is 0 Å². The van der Waals surface area contributed by atoms with Crippen molar-refractivity contribution >= 4 is 5.91 Å². The normalized spacial score (nSPS) is 38.8. The number of carbonyl (C=O) groups is 1. The van der Waals surface area contributed by atoms with Gasteiger partial charge in [-0.1, -0.05) is 0 Å². The highest BCUT2D eigenvalue weighted by Gasteiger charge is 2.49. The van der Waals surface area contributed by atoms with E-state index in [0.29, 0.717) is 0 Å². The first-order chi connectivity index (χ1) is 7.82. The van der Waals surface area contributed by atoms with Crippen molar-refractivity contribution in [1.82, 2.24) is 10.2 Å². The lowest BCUT2D eigenvalue weighted by molar-refractivity contribution is -0.159. The summed E-state index contributed by atoms with van der Waals surface area (Å²) in [6.07, 6.45) is 5.33. The molecule has 4 heteroatoms. The van der Waals surface area contributed by atoms with Gasteiger partial charge in [0.25, 0.3) is 5.91 Å². The van der Waals surface area contributed by atoms with E-state index in [-0.39, 0.29) is 17.6 Å². The SMILES string of the molecule is O=C([C@H]1CCCO1)N1CC[C@@]12CCCNC2. The fourth-order valence-corrected chi connectivity index (χ4v) is 3.23. The number of carbonyl (C=O) groups excluding carboxylic acids is 1. The largest absolute Gasteiger partial charge is 0.368 e. The van der Waals surface area contributed by atoms with Crippen LogP contribution >= 0.6 is 0 Å². The zero-order chi connectivity index (χ0) is 11.0. The van der Waals surface area contributed by atoms with Crippen LogP contribution in [0.5, 0.6) is 0 Å². The molecular weight excluding hydrogens is 204 g/mol. The maximum atomic E-state index is 12.3. The highest BCUT2D eigenvalue weighted by atomic mass is 16.5. The number of hydrogen-bond donors (Lipinski definition) is 1. The van der Waals surface area contributed by atoms with E-state index in [1.807, 2.05) is 0 Å². The number of rotatable bonds is 1. The van der Waals surface area contributed by atoms with Gasteiger partial charge in [0.2, 0.25) is 0 Å². The van der Waals surface area contributed by atoms with Crippen LogP contribution in [0.2, 0.25) is 0 Å². The van der Waals surface area contributed by atoms with Gasteiger partial charge in [-0.05, 0) is 38.6 Å². The monoisotopic (exact) mass is 224 g/mol. The lowest BCUT2D eigenvalue weighted by atomic mass is 9.78. The van der Waals surface area contributed by atoms with Gasteiger partial charge < -0.3 is 15.0 Å². The molecular formula is C12H20N2O2. The summed E-state index contributed by atoms with van der Waals surface area (Å²) in [5.41, 5.74) is 0.140. The molecule has 0 bridgehead atoms. The third kappa shape index (κ3) is 1.55. The molecule has 3 aliphatic rings. The molecule has 1 spiro atoms. The molecule has 90 valence electrons. The third-order valence-electron chi connectivity index (χ3n) is 4.29. The summed E-state index contributed by atoms with van der Waals surface area (Å²) in [5, 5.41) is 3.42. The van der Waals surface area contributed by atoms with E-state index in [9.17, 15) is 4.79 Å². The number of piperidine rings is 1. The van der Waals surface area contributed by atoms with Crippen LogP contribution in [0.1, 0.15) is 32.1 Å². The third-order valence-corrected chi connectivity index (χ3v) is 4.29. The average molecular weight is 224 g/mol. The lowest BCUT2D eigenvalue weighted by Gasteiger charge is -2.55. The van der Waals surface area contributed by atoms with Crippen molar-refractivity contribution in [3.8, 4) is 0 Å². The van der Waals surface area contributed by atoms with Crippen LogP contribution in [-0.4, -0.2) is 48.7 Å². The Kier molecular flexibility index (Phi) is 2.64. The molecule has 2 atom stereocenters. The second kappa shape index (κ2) is 4.00. The highest BCUT2D eigenvalue weighted by Crippen LogP contribution is 2.37. The van der Waals surface area contributed by atoms with Gasteiger partial charge in [-0.15, -0.1) is 0 Å². The Morgan fingerprint density at radius 1 is 1.38 bits per heavy atom. The predicted octanol–water partition coefficient (Wildman–Crippen LogP) is 0.520. The Morgan fingerprint density at radius 3 is 2.88 bits per heavy atom. The van der Waals surface area contributed by atoms with Gasteiger partial charge in [-0.25, -0.2) is 0 Å². The van der Waals surface area contributed by atoms with Crippen LogP contribution in [0, 0.1) is 0 Å². The molecule has 3 fully saturated rings. The highest BCUT2D eigenvalue weighted by molar-refractivity contribution is 5.83. The molecule has 0 aromatic rings. The smallest absolute Gasteiger partial charge is 0.252 e. The molecule has 1 amide bonds. The van der Waals surface area contributed by atoms with Crippen molar-refractivity contribution in [2.75, 3.05) is 26.2 Å². The van der Waals surface area contributed by atoms with E-state index >= 15 is 0 Å². The molecule has 0 saturated carbocycles. The molecule has 0 unspecified atom stereocenters. The lowest BCUT2D eigenvalue weighted by Crippen LogP contribution is -2.69. The van der Waals surface area contributed by atoms with Crippen LogP contribution in [0.25, 0.3) is 0 Å². The number of hydrogen-bond acceptors (Lipinski definition) is 3. The summed E-state index contributed by atoms with van der Waals surface area (Å²) in [6, 6.07) is 0. The van der Waals surface area contributed by atoms with Crippen molar-refractivity contribution in [3.63, 3.8) is 0 Å². The summed E-state index contributed by atoms with van der Waals surface area (Å²) in [5.74, 6) is 0.243. The second-order valence-electron chi connectivity index (χ2n) is 5.25. The molecule has 1 N–H and O–H groups in total. The van der Waals surface area contributed by atoms with Crippen LogP contribution in [0.4, 0.5) is 0 Å². The fourth-order valence-electron chi connectivity index (χ4n) is 3.23. The molecule has 0 radical (unpaired) electrons. The Balaban J connectivity index is 1.67. The number of ether oxygens (including phenoxy) is 1. The Labute approximate surface area is 96.3 Å². The van der Waals surface area contributed by atoms with E-state index in [4.69, 9.17) is 4.74 Å². The number of nitrogens with zero attached hydrogens (tertiary/aromatic N) is 1. The first-order valence-electron chi connectivity index (χ1n) is 6.46. The topological polar surface area (TPSA) is 41.6 Å². The Bertz CT molecular complexity index is 281. The van der Waals surface area contributed by atoms with Crippen molar-refractivity contribution in [2.45, 2.75) is 43.7 Å². The summed E-state index contributed by atoms with van der Waals surface area (Å²) < 4.78 is 5.49. The molecule has 0 aromatic heterocycles. The molecule has 3 saturated heterocycles. The second-order valence-corrected chi connectivity index (χ2v) is 5.25. The molecule has 3 heterocycles. The van der Waals surface area contributed by atoms with Crippen molar-refractivity contribution in [1.29, 1.82) is 0 Å². The quantitative estimate of drug-likeness (QED) is 0.706. The molecule has 16 heavy (non-hydrogen) atoms. The minimum atomic E-state index is -0.140. The van der Waals surface area contributed by atoms with E-state index in [1.54, 1.807) is 0 Å². The van der Waals surface area contributed by atoms with Crippen LogP contribution in [0.3, 0.4) is 0 Å². The van der Waals surface area contributed by atoms with Gasteiger partial charge in [-0.3, -0.25) is 4.79 Å². The zero-order valence-electron chi connectivity index (χ0n) is 9.71. The van der Waals surface area contributed by atoms with Crippen LogP contribution in [0.15, 0.2) is 0 Å². The van der Waals surface area contributed by atoms with Gasteiger partial charge in [0, 0.05) is 19.7 Å². The Hall–Kier alpha value is -0.610. The summed E-state index contributed by atoms with van der Waals surface area (Å²) in [4.78, 5) is 14.4. The van der Waals surface area contributed by atoms with Gasteiger partial charge in [0.05, 0.1) is 5.54 Å². The minimum absolute atomic E-state index is 0.140. The molecule has 4 nitrogen and oxygen atoms in total. The van der Waals surface area contributed by atoms with Gasteiger partial charge in [-0.2, -0.15) is 0 Å². The number of nitrogens with one attached hydrogen (secondary N) is 1.